The molecule has 1 fully saturated rings. The lowest BCUT2D eigenvalue weighted by Crippen LogP contribution is -2.21. The molecule has 0 saturated heterocycles. The maximum absolute atomic E-state index is 11.1. The molecule has 1 aromatic rings. The van der Waals surface area contributed by atoms with Gasteiger partial charge in [-0.25, -0.2) is 4.98 Å². The molecule has 1 aromatic heterocycles. The number of ether oxygens (including phenoxy) is 2. The number of aromatic nitrogens is 1. The zero-order valence-electron chi connectivity index (χ0n) is 10.0. The van der Waals surface area contributed by atoms with Gasteiger partial charge in [0, 0.05) is 18.9 Å². The average Bonchev–Trinajstić information content (AvgIpc) is 2.38. The summed E-state index contributed by atoms with van der Waals surface area (Å²) in [7, 11) is 1.60. The van der Waals surface area contributed by atoms with Crippen molar-refractivity contribution < 1.29 is 14.3 Å². The number of carbonyl (C=O) groups excluding carboxylic acids is 1. The summed E-state index contributed by atoms with van der Waals surface area (Å²) >= 11 is 0. The summed E-state index contributed by atoms with van der Waals surface area (Å²) in [5.41, 5.74) is 0.862. The van der Waals surface area contributed by atoms with Crippen molar-refractivity contribution in [3.8, 4) is 5.88 Å². The Morgan fingerprint density at radius 3 is 2.82 bits per heavy atom. The molecule has 0 spiro atoms. The van der Waals surface area contributed by atoms with Crippen LogP contribution in [0.1, 0.15) is 31.4 Å². The molecule has 0 atom stereocenters. The Bertz CT molecular complexity index is 382. The van der Waals surface area contributed by atoms with Crippen LogP contribution in [0.3, 0.4) is 0 Å². The van der Waals surface area contributed by atoms with Crippen LogP contribution >= 0.6 is 0 Å². The largest absolute Gasteiger partial charge is 0.481 e. The van der Waals surface area contributed by atoms with Crippen LogP contribution in [0.2, 0.25) is 0 Å². The fourth-order valence-corrected chi connectivity index (χ4v) is 1.93. The Hall–Kier alpha value is -1.42. The van der Waals surface area contributed by atoms with E-state index in [2.05, 4.69) is 4.98 Å². The number of nitrogens with zero attached hydrogens (tertiary/aromatic N) is 1. The van der Waals surface area contributed by atoms with Crippen LogP contribution in [0.5, 0.6) is 5.88 Å². The Labute approximate surface area is 101 Å². The van der Waals surface area contributed by atoms with Gasteiger partial charge in [-0.1, -0.05) is 6.07 Å². The average molecular weight is 235 g/mol. The summed E-state index contributed by atoms with van der Waals surface area (Å²) in [6.45, 7) is 0.482. The fraction of sp³-hybridized carbons (Fsp3) is 0.538. The maximum Gasteiger partial charge on any atom is 0.213 e. The van der Waals surface area contributed by atoms with Gasteiger partial charge in [-0.3, -0.25) is 4.79 Å². The molecule has 1 aliphatic carbocycles. The second kappa shape index (κ2) is 5.77. The molecule has 0 aliphatic heterocycles. The Balaban J connectivity index is 1.82. The molecule has 2 rings (SSSR count). The van der Waals surface area contributed by atoms with Crippen molar-refractivity contribution in [1.82, 2.24) is 4.98 Å². The summed E-state index contributed by atoms with van der Waals surface area (Å²) in [6.07, 6.45) is 3.17. The van der Waals surface area contributed by atoms with Crippen LogP contribution in [-0.2, 0) is 16.1 Å². The topological polar surface area (TPSA) is 48.4 Å². The van der Waals surface area contributed by atoms with Gasteiger partial charge in [0.2, 0.25) is 5.88 Å². The van der Waals surface area contributed by atoms with Crippen LogP contribution in [0.25, 0.3) is 0 Å². The number of pyridine rings is 1. The van der Waals surface area contributed by atoms with Crippen LogP contribution in [-0.4, -0.2) is 24.0 Å². The van der Waals surface area contributed by atoms with Crippen molar-refractivity contribution in [2.75, 3.05) is 7.11 Å². The monoisotopic (exact) mass is 235 g/mol. The van der Waals surface area contributed by atoms with Gasteiger partial charge in [0.25, 0.3) is 0 Å². The molecule has 0 amide bonds. The summed E-state index contributed by atoms with van der Waals surface area (Å²) in [5.74, 6) is 0.953. The molecule has 1 saturated carbocycles. The summed E-state index contributed by atoms with van der Waals surface area (Å²) in [6, 6.07) is 5.62. The third kappa shape index (κ3) is 3.53. The highest BCUT2D eigenvalue weighted by atomic mass is 16.5. The van der Waals surface area contributed by atoms with E-state index in [9.17, 15) is 4.79 Å². The highest BCUT2D eigenvalue weighted by Crippen LogP contribution is 2.19. The smallest absolute Gasteiger partial charge is 0.213 e. The van der Waals surface area contributed by atoms with Gasteiger partial charge in [0.05, 0.1) is 25.5 Å². The van der Waals surface area contributed by atoms with Crippen molar-refractivity contribution in [2.24, 2.45) is 0 Å². The first kappa shape index (κ1) is 12.0. The minimum absolute atomic E-state index is 0.195. The lowest BCUT2D eigenvalue weighted by atomic mass is 9.96. The normalized spacial score (nSPS) is 17.1. The molecule has 1 aliphatic rings. The van der Waals surface area contributed by atoms with Gasteiger partial charge in [-0.15, -0.1) is 0 Å². The number of ketones is 1. The van der Waals surface area contributed by atoms with Crippen LogP contribution < -0.4 is 4.74 Å². The molecule has 0 aromatic carbocycles. The van der Waals surface area contributed by atoms with Crippen LogP contribution in [0.15, 0.2) is 18.2 Å². The standard InChI is InChI=1S/C13H17NO3/c1-16-13-4-2-3-10(14-13)9-17-12-7-5-11(15)6-8-12/h2-4,12H,5-9H2,1H3. The maximum atomic E-state index is 11.1. The minimum Gasteiger partial charge on any atom is -0.481 e. The van der Waals surface area contributed by atoms with Gasteiger partial charge in [-0.2, -0.15) is 0 Å². The SMILES string of the molecule is COc1cccc(COC2CCC(=O)CC2)n1. The Morgan fingerprint density at radius 2 is 2.12 bits per heavy atom. The van der Waals surface area contributed by atoms with Crippen LogP contribution in [0.4, 0.5) is 0 Å². The number of hydrogen-bond acceptors (Lipinski definition) is 4. The second-order valence-electron chi connectivity index (χ2n) is 4.22. The van der Waals surface area contributed by atoms with E-state index in [1.807, 2.05) is 18.2 Å². The number of Topliss-reactive ketones (excluding diaryl/α,β-unsaturated/α-hetero) is 1. The molecule has 4 heteroatoms. The summed E-state index contributed by atoms with van der Waals surface area (Å²) < 4.78 is 10.8. The van der Waals surface area contributed by atoms with Gasteiger partial charge in [0.15, 0.2) is 0 Å². The molecular formula is C13H17NO3. The highest BCUT2D eigenvalue weighted by molar-refractivity contribution is 5.79. The number of rotatable bonds is 4. The van der Waals surface area contributed by atoms with Gasteiger partial charge in [-0.05, 0) is 18.9 Å². The Morgan fingerprint density at radius 1 is 1.35 bits per heavy atom. The first-order valence-corrected chi connectivity index (χ1v) is 5.91. The van der Waals surface area contributed by atoms with E-state index >= 15 is 0 Å². The highest BCUT2D eigenvalue weighted by Gasteiger charge is 2.19. The lowest BCUT2D eigenvalue weighted by Gasteiger charge is -2.21. The molecular weight excluding hydrogens is 218 g/mol. The molecule has 17 heavy (non-hydrogen) atoms. The van der Waals surface area contributed by atoms with E-state index in [1.165, 1.54) is 0 Å². The molecule has 0 unspecified atom stereocenters. The fourth-order valence-electron chi connectivity index (χ4n) is 1.93. The molecule has 92 valence electrons. The zero-order chi connectivity index (χ0) is 12.1. The molecule has 0 bridgehead atoms. The molecule has 4 nitrogen and oxygen atoms in total. The van der Waals surface area contributed by atoms with E-state index in [0.717, 1.165) is 18.5 Å². The van der Waals surface area contributed by atoms with Gasteiger partial charge in [0.1, 0.15) is 5.78 Å². The predicted molar refractivity (Wildman–Crippen MR) is 62.8 cm³/mol. The van der Waals surface area contributed by atoms with Crippen molar-refractivity contribution in [1.29, 1.82) is 0 Å². The third-order valence-electron chi connectivity index (χ3n) is 2.95. The van der Waals surface area contributed by atoms with E-state index in [-0.39, 0.29) is 6.10 Å². The number of carbonyl (C=O) groups is 1. The number of methoxy groups -OCH3 is 1. The predicted octanol–water partition coefficient (Wildman–Crippen LogP) is 2.12. The first-order chi connectivity index (χ1) is 8.28. The van der Waals surface area contributed by atoms with Crippen molar-refractivity contribution >= 4 is 5.78 Å². The zero-order valence-corrected chi connectivity index (χ0v) is 10.0. The summed E-state index contributed by atoms with van der Waals surface area (Å²) in [5, 5.41) is 0. The van der Waals surface area contributed by atoms with Gasteiger partial charge >= 0.3 is 0 Å². The van der Waals surface area contributed by atoms with Crippen molar-refractivity contribution in [2.45, 2.75) is 38.4 Å². The minimum atomic E-state index is 0.195. The van der Waals surface area contributed by atoms with E-state index in [1.54, 1.807) is 7.11 Å². The first-order valence-electron chi connectivity index (χ1n) is 5.91. The second-order valence-corrected chi connectivity index (χ2v) is 4.22. The van der Waals surface area contributed by atoms with E-state index in [0.29, 0.717) is 31.1 Å². The van der Waals surface area contributed by atoms with Crippen molar-refractivity contribution in [3.05, 3.63) is 23.9 Å². The summed E-state index contributed by atoms with van der Waals surface area (Å²) in [4.78, 5) is 15.4. The lowest BCUT2D eigenvalue weighted by molar-refractivity contribution is -0.123. The number of hydrogen-bond donors (Lipinski definition) is 0. The van der Waals surface area contributed by atoms with E-state index < -0.39 is 0 Å². The van der Waals surface area contributed by atoms with E-state index in [4.69, 9.17) is 9.47 Å². The quantitative estimate of drug-likeness (QED) is 0.802. The van der Waals surface area contributed by atoms with Gasteiger partial charge < -0.3 is 9.47 Å². The molecule has 0 N–H and O–H groups in total. The Kier molecular flexibility index (Phi) is 4.09. The third-order valence-corrected chi connectivity index (χ3v) is 2.95. The molecule has 1 heterocycles. The van der Waals surface area contributed by atoms with Crippen LogP contribution in [0, 0.1) is 0 Å². The van der Waals surface area contributed by atoms with Crippen molar-refractivity contribution in [3.63, 3.8) is 0 Å². The molecule has 0 radical (unpaired) electrons.